The number of nitrogens with one attached hydrogen (secondary N) is 2. The van der Waals surface area contributed by atoms with Gasteiger partial charge in [-0.2, -0.15) is 0 Å². The maximum Gasteiger partial charge on any atom is 0.326 e. The lowest BCUT2D eigenvalue weighted by Gasteiger charge is -2.19. The van der Waals surface area contributed by atoms with Crippen LogP contribution in [0.1, 0.15) is 30.4 Å². The summed E-state index contributed by atoms with van der Waals surface area (Å²) < 4.78 is 27.0. The van der Waals surface area contributed by atoms with Gasteiger partial charge < -0.3 is 32.3 Å². The second-order valence-electron chi connectivity index (χ2n) is 8.59. The highest BCUT2D eigenvalue weighted by Gasteiger charge is 2.24. The molecule has 2 amide bonds. The summed E-state index contributed by atoms with van der Waals surface area (Å²) in [4.78, 5) is 35.9. The molecule has 2 aromatic carbocycles. The zero-order chi connectivity index (χ0) is 26.7. The van der Waals surface area contributed by atoms with Crippen LogP contribution in [-0.4, -0.2) is 58.8 Å². The summed E-state index contributed by atoms with van der Waals surface area (Å²) in [6, 6.07) is 9.17. The van der Waals surface area contributed by atoms with Crippen LogP contribution in [0.5, 0.6) is 0 Å². The Balaban J connectivity index is 1.74. The highest BCUT2D eigenvalue weighted by Crippen LogP contribution is 2.13. The van der Waals surface area contributed by atoms with Gasteiger partial charge in [0.05, 0.1) is 0 Å². The molecule has 196 valence electrons. The number of carboxylic acid groups (broad SMARTS) is 1. The number of benzene rings is 2. The molecule has 0 aliphatic heterocycles. The lowest BCUT2D eigenvalue weighted by Crippen LogP contribution is -2.48. The Morgan fingerprint density at radius 3 is 2.36 bits per heavy atom. The molecule has 0 saturated heterocycles. The predicted octanol–water partition coefficient (Wildman–Crippen LogP) is 0.621. The summed E-state index contributed by atoms with van der Waals surface area (Å²) >= 11 is 0. The highest BCUT2D eigenvalue weighted by atomic mass is 19.1. The second kappa shape index (κ2) is 14.2. The monoisotopic (exact) mass is 506 g/mol. The van der Waals surface area contributed by atoms with Crippen LogP contribution in [0.3, 0.4) is 0 Å². The fourth-order valence-corrected chi connectivity index (χ4v) is 3.62. The molecule has 0 radical (unpaired) electrons. The number of carboxylic acids is 1. The molecule has 2 aromatic rings. The number of aliphatic hydroxyl groups excluding tert-OH is 1. The number of aliphatic hydroxyl groups is 1. The van der Waals surface area contributed by atoms with E-state index < -0.39 is 53.6 Å². The number of aliphatic carboxylic acids is 1. The number of hydrogen-bond donors (Lipinski definition) is 6. The van der Waals surface area contributed by atoms with Crippen molar-refractivity contribution in [1.29, 1.82) is 0 Å². The largest absolute Gasteiger partial charge is 0.480 e. The van der Waals surface area contributed by atoms with Crippen LogP contribution >= 0.6 is 0 Å². The summed E-state index contributed by atoms with van der Waals surface area (Å²) in [5.41, 5.74) is 12.7. The Bertz CT molecular complexity index is 1020. The Kier molecular flexibility index (Phi) is 11.4. The molecule has 2 rings (SSSR count). The van der Waals surface area contributed by atoms with Crippen molar-refractivity contribution in [2.75, 3.05) is 6.54 Å². The zero-order valence-electron chi connectivity index (χ0n) is 19.7. The number of hydrogen-bond acceptors (Lipinski definition) is 6. The summed E-state index contributed by atoms with van der Waals surface area (Å²) in [6.45, 7) is 0.0615. The Labute approximate surface area is 207 Å². The van der Waals surface area contributed by atoms with Crippen molar-refractivity contribution >= 4 is 17.8 Å². The molecule has 0 aromatic heterocycles. The molecule has 4 atom stereocenters. The van der Waals surface area contributed by atoms with Crippen LogP contribution in [0.2, 0.25) is 0 Å². The second-order valence-corrected chi connectivity index (χ2v) is 8.59. The molecule has 8 N–H and O–H groups in total. The summed E-state index contributed by atoms with van der Waals surface area (Å²) in [5, 5.41) is 24.4. The van der Waals surface area contributed by atoms with Gasteiger partial charge in [-0.15, -0.1) is 0 Å². The molecule has 0 bridgehead atoms. The minimum Gasteiger partial charge on any atom is -0.480 e. The van der Waals surface area contributed by atoms with Gasteiger partial charge in [-0.05, 0) is 55.0 Å². The van der Waals surface area contributed by atoms with E-state index in [9.17, 15) is 33.4 Å². The minimum absolute atomic E-state index is 0.00127. The van der Waals surface area contributed by atoms with Crippen molar-refractivity contribution in [3.8, 4) is 0 Å². The molecule has 0 saturated carbocycles. The third-order valence-corrected chi connectivity index (χ3v) is 5.53. The van der Waals surface area contributed by atoms with Crippen molar-refractivity contribution < 1.29 is 33.4 Å². The van der Waals surface area contributed by atoms with Crippen molar-refractivity contribution in [3.63, 3.8) is 0 Å². The first-order valence-corrected chi connectivity index (χ1v) is 11.5. The fourth-order valence-electron chi connectivity index (χ4n) is 3.62. The molecular weight excluding hydrogens is 474 g/mol. The number of carbonyl (C=O) groups is 3. The van der Waals surface area contributed by atoms with Crippen LogP contribution in [0.4, 0.5) is 8.78 Å². The van der Waals surface area contributed by atoms with Gasteiger partial charge in [-0.25, -0.2) is 13.6 Å². The lowest BCUT2D eigenvalue weighted by molar-refractivity contribution is -0.142. The number of rotatable bonds is 14. The Morgan fingerprint density at radius 2 is 1.69 bits per heavy atom. The van der Waals surface area contributed by atoms with E-state index in [1.54, 1.807) is 0 Å². The van der Waals surface area contributed by atoms with E-state index in [1.807, 2.05) is 30.3 Å². The van der Waals surface area contributed by atoms with Crippen molar-refractivity contribution in [2.45, 2.75) is 56.3 Å². The predicted molar refractivity (Wildman–Crippen MR) is 129 cm³/mol. The van der Waals surface area contributed by atoms with Gasteiger partial charge in [-0.1, -0.05) is 30.3 Å². The highest BCUT2D eigenvalue weighted by molar-refractivity contribution is 5.84. The molecule has 0 spiro atoms. The van der Waals surface area contributed by atoms with E-state index in [0.717, 1.165) is 23.8 Å². The van der Waals surface area contributed by atoms with E-state index >= 15 is 0 Å². The minimum atomic E-state index is -1.44. The standard InChI is InChI=1S/C25H32F2N4O5/c26-17-8-9-19(27)16(12-17)13-18(28)14-22(32)31-21(25(35)36)7-4-10-30-24(34)23(33)20(29)11-15-5-2-1-3-6-15/h1-3,5-6,8-9,12,18,20-21,23,33H,4,7,10-11,13-14,28-29H2,(H,30,34)(H,31,32)(H,35,36). The van der Waals surface area contributed by atoms with Crippen molar-refractivity contribution in [2.24, 2.45) is 11.5 Å². The van der Waals surface area contributed by atoms with E-state index in [2.05, 4.69) is 10.6 Å². The van der Waals surface area contributed by atoms with Gasteiger partial charge >= 0.3 is 5.97 Å². The quantitative estimate of drug-likeness (QED) is 0.204. The summed E-state index contributed by atoms with van der Waals surface area (Å²) in [7, 11) is 0. The molecule has 0 aliphatic rings. The number of carbonyl (C=O) groups excluding carboxylic acids is 2. The average molecular weight is 507 g/mol. The number of amides is 2. The van der Waals surface area contributed by atoms with Gasteiger partial charge in [0.2, 0.25) is 11.8 Å². The molecule has 0 heterocycles. The van der Waals surface area contributed by atoms with Crippen LogP contribution < -0.4 is 22.1 Å². The molecule has 36 heavy (non-hydrogen) atoms. The Hall–Kier alpha value is -3.41. The van der Waals surface area contributed by atoms with E-state index in [-0.39, 0.29) is 37.8 Å². The summed E-state index contributed by atoms with van der Waals surface area (Å²) in [5.74, 6) is -3.89. The van der Waals surface area contributed by atoms with Crippen molar-refractivity contribution in [1.82, 2.24) is 10.6 Å². The third kappa shape index (κ3) is 9.68. The van der Waals surface area contributed by atoms with Gasteiger partial charge in [0, 0.05) is 25.0 Å². The van der Waals surface area contributed by atoms with Crippen LogP contribution in [0, 0.1) is 11.6 Å². The molecular formula is C25H32F2N4O5. The topological polar surface area (TPSA) is 168 Å². The maximum atomic E-state index is 13.8. The number of nitrogens with two attached hydrogens (primary N) is 2. The average Bonchev–Trinajstić information content (AvgIpc) is 2.83. The van der Waals surface area contributed by atoms with Gasteiger partial charge in [-0.3, -0.25) is 9.59 Å². The van der Waals surface area contributed by atoms with Crippen LogP contribution in [-0.2, 0) is 27.2 Å². The number of halogens is 2. The van der Waals surface area contributed by atoms with Gasteiger partial charge in [0.25, 0.3) is 0 Å². The van der Waals surface area contributed by atoms with E-state index in [0.29, 0.717) is 6.42 Å². The first kappa shape index (κ1) is 28.8. The van der Waals surface area contributed by atoms with Gasteiger partial charge in [0.1, 0.15) is 23.8 Å². The van der Waals surface area contributed by atoms with Crippen LogP contribution in [0.25, 0.3) is 0 Å². The lowest BCUT2D eigenvalue weighted by atomic mass is 10.0. The molecule has 11 heteroatoms. The SMILES string of the molecule is NC(CC(=O)NC(CCCNC(=O)C(O)C(N)Cc1ccccc1)C(=O)O)Cc1cc(F)ccc1F. The first-order valence-electron chi connectivity index (χ1n) is 11.5. The fraction of sp³-hybridized carbons (Fsp3) is 0.400. The third-order valence-electron chi connectivity index (χ3n) is 5.53. The molecule has 4 unspecified atom stereocenters. The normalized spacial score (nSPS) is 14.4. The van der Waals surface area contributed by atoms with Crippen LogP contribution in [0.15, 0.2) is 48.5 Å². The smallest absolute Gasteiger partial charge is 0.326 e. The van der Waals surface area contributed by atoms with E-state index in [4.69, 9.17) is 11.5 Å². The van der Waals surface area contributed by atoms with E-state index in [1.165, 1.54) is 0 Å². The molecule has 9 nitrogen and oxygen atoms in total. The molecule has 0 aliphatic carbocycles. The zero-order valence-corrected chi connectivity index (χ0v) is 19.7. The Morgan fingerprint density at radius 1 is 1.00 bits per heavy atom. The summed E-state index contributed by atoms with van der Waals surface area (Å²) in [6.07, 6.45) is -1.33. The van der Waals surface area contributed by atoms with Crippen molar-refractivity contribution in [3.05, 3.63) is 71.3 Å². The maximum absolute atomic E-state index is 13.8. The first-order chi connectivity index (χ1) is 17.1. The molecule has 0 fully saturated rings. The van der Waals surface area contributed by atoms with Gasteiger partial charge in [0.15, 0.2) is 0 Å².